The molecule has 6 heteroatoms. The molecular weight excluding hydrogens is 329 g/mol. The van der Waals surface area contributed by atoms with Crippen molar-refractivity contribution in [2.24, 2.45) is 0 Å². The minimum Gasteiger partial charge on any atom is -0.307 e. The first-order valence-corrected chi connectivity index (χ1v) is 7.75. The molecule has 0 bridgehead atoms. The van der Waals surface area contributed by atoms with Crippen LogP contribution < -0.4 is 5.32 Å². The van der Waals surface area contributed by atoms with E-state index in [1.165, 1.54) is 12.1 Å². The van der Waals surface area contributed by atoms with Crippen LogP contribution in [0.2, 0.25) is 5.02 Å². The third-order valence-electron chi connectivity index (χ3n) is 3.49. The first kappa shape index (κ1) is 16.2. The van der Waals surface area contributed by atoms with Gasteiger partial charge in [0.25, 0.3) is 5.91 Å². The third kappa shape index (κ3) is 3.63. The SMILES string of the molecule is Cc1cc(NC(=O)c2ccc(F)cc2Cl)n(Cc2ccccc2)n1. The van der Waals surface area contributed by atoms with E-state index in [0.717, 1.165) is 17.3 Å². The highest BCUT2D eigenvalue weighted by atomic mass is 35.5. The monoisotopic (exact) mass is 343 g/mol. The van der Waals surface area contributed by atoms with Crippen molar-refractivity contribution in [3.05, 3.63) is 82.3 Å². The van der Waals surface area contributed by atoms with Gasteiger partial charge in [-0.3, -0.25) is 4.79 Å². The molecule has 0 aliphatic rings. The number of carbonyl (C=O) groups excluding carboxylic acids is 1. The number of nitrogens with zero attached hydrogens (tertiary/aromatic N) is 2. The number of amides is 1. The lowest BCUT2D eigenvalue weighted by Gasteiger charge is -2.10. The molecular formula is C18H15ClFN3O. The van der Waals surface area contributed by atoms with Gasteiger partial charge in [0, 0.05) is 6.07 Å². The van der Waals surface area contributed by atoms with Gasteiger partial charge in [0.15, 0.2) is 0 Å². The molecule has 0 aliphatic heterocycles. The highest BCUT2D eigenvalue weighted by Crippen LogP contribution is 2.20. The Morgan fingerprint density at radius 3 is 2.67 bits per heavy atom. The largest absolute Gasteiger partial charge is 0.307 e. The summed E-state index contributed by atoms with van der Waals surface area (Å²) in [4.78, 5) is 12.4. The molecule has 3 aromatic rings. The molecule has 3 rings (SSSR count). The van der Waals surface area contributed by atoms with Crippen LogP contribution in [0.1, 0.15) is 21.6 Å². The molecule has 1 aromatic heterocycles. The molecule has 4 nitrogen and oxygen atoms in total. The van der Waals surface area contributed by atoms with Gasteiger partial charge in [-0.15, -0.1) is 0 Å². The Bertz CT molecular complexity index is 877. The van der Waals surface area contributed by atoms with Gasteiger partial charge in [0.2, 0.25) is 0 Å². The zero-order chi connectivity index (χ0) is 17.1. The molecule has 0 spiro atoms. The Balaban J connectivity index is 1.83. The predicted octanol–water partition coefficient (Wildman–Crippen LogP) is 4.28. The summed E-state index contributed by atoms with van der Waals surface area (Å²) in [6.07, 6.45) is 0. The van der Waals surface area contributed by atoms with Crippen molar-refractivity contribution in [2.45, 2.75) is 13.5 Å². The summed E-state index contributed by atoms with van der Waals surface area (Å²) in [5, 5.41) is 7.25. The number of hydrogen-bond donors (Lipinski definition) is 1. The molecule has 0 atom stereocenters. The van der Waals surface area contributed by atoms with E-state index < -0.39 is 11.7 Å². The maximum atomic E-state index is 13.1. The quantitative estimate of drug-likeness (QED) is 0.768. The normalized spacial score (nSPS) is 10.6. The van der Waals surface area contributed by atoms with Gasteiger partial charge in [-0.05, 0) is 30.7 Å². The summed E-state index contributed by atoms with van der Waals surface area (Å²) in [5.41, 5.74) is 2.06. The van der Waals surface area contributed by atoms with Crippen molar-refractivity contribution in [3.8, 4) is 0 Å². The number of nitrogens with one attached hydrogen (secondary N) is 1. The molecule has 0 fully saturated rings. The number of halogens is 2. The fourth-order valence-electron chi connectivity index (χ4n) is 2.38. The Hall–Kier alpha value is -2.66. The van der Waals surface area contributed by atoms with Gasteiger partial charge in [0.05, 0.1) is 22.8 Å². The number of hydrogen-bond acceptors (Lipinski definition) is 2. The van der Waals surface area contributed by atoms with Crippen LogP contribution in [0, 0.1) is 12.7 Å². The van der Waals surface area contributed by atoms with Gasteiger partial charge in [-0.2, -0.15) is 5.10 Å². The molecule has 1 heterocycles. The van der Waals surface area contributed by atoms with Crippen LogP contribution in [-0.4, -0.2) is 15.7 Å². The second-order valence-corrected chi connectivity index (χ2v) is 5.80. The second-order valence-electron chi connectivity index (χ2n) is 5.39. The molecule has 2 aromatic carbocycles. The maximum Gasteiger partial charge on any atom is 0.258 e. The van der Waals surface area contributed by atoms with Gasteiger partial charge in [0.1, 0.15) is 11.6 Å². The molecule has 1 amide bonds. The molecule has 1 N–H and O–H groups in total. The van der Waals surface area contributed by atoms with Crippen molar-refractivity contribution in [3.63, 3.8) is 0 Å². The highest BCUT2D eigenvalue weighted by Gasteiger charge is 2.14. The van der Waals surface area contributed by atoms with Crippen LogP contribution in [0.5, 0.6) is 0 Å². The first-order valence-electron chi connectivity index (χ1n) is 7.38. The standard InChI is InChI=1S/C18H15ClFN3O/c1-12-9-17(23(22-12)11-13-5-3-2-4-6-13)21-18(24)15-8-7-14(20)10-16(15)19/h2-10H,11H2,1H3,(H,21,24). The number of rotatable bonds is 4. The van der Waals surface area contributed by atoms with E-state index in [0.29, 0.717) is 12.4 Å². The third-order valence-corrected chi connectivity index (χ3v) is 3.81. The lowest BCUT2D eigenvalue weighted by atomic mass is 10.2. The van der Waals surface area contributed by atoms with E-state index in [9.17, 15) is 9.18 Å². The van der Waals surface area contributed by atoms with E-state index in [1.54, 1.807) is 10.7 Å². The van der Waals surface area contributed by atoms with E-state index >= 15 is 0 Å². The fraction of sp³-hybridized carbons (Fsp3) is 0.111. The topological polar surface area (TPSA) is 46.9 Å². The summed E-state index contributed by atoms with van der Waals surface area (Å²) in [7, 11) is 0. The van der Waals surface area contributed by atoms with Crippen LogP contribution in [0.25, 0.3) is 0 Å². The molecule has 122 valence electrons. The molecule has 0 aliphatic carbocycles. The van der Waals surface area contributed by atoms with Crippen molar-refractivity contribution < 1.29 is 9.18 Å². The summed E-state index contributed by atoms with van der Waals surface area (Å²) < 4.78 is 14.8. The first-order chi connectivity index (χ1) is 11.5. The Morgan fingerprint density at radius 1 is 1.21 bits per heavy atom. The van der Waals surface area contributed by atoms with E-state index in [4.69, 9.17) is 11.6 Å². The van der Waals surface area contributed by atoms with Crippen molar-refractivity contribution in [2.75, 3.05) is 5.32 Å². The van der Waals surface area contributed by atoms with Crippen molar-refractivity contribution in [1.82, 2.24) is 9.78 Å². The lowest BCUT2D eigenvalue weighted by Crippen LogP contribution is -2.16. The minimum atomic E-state index is -0.485. The molecule has 0 unspecified atom stereocenters. The molecule has 0 saturated carbocycles. The zero-order valence-corrected chi connectivity index (χ0v) is 13.7. The van der Waals surface area contributed by atoms with Gasteiger partial charge in [-0.1, -0.05) is 41.9 Å². The highest BCUT2D eigenvalue weighted by molar-refractivity contribution is 6.34. The minimum absolute atomic E-state index is 0.0679. The smallest absolute Gasteiger partial charge is 0.258 e. The van der Waals surface area contributed by atoms with Gasteiger partial charge in [-0.25, -0.2) is 9.07 Å². The Kier molecular flexibility index (Phi) is 4.62. The Labute approximate surface area is 143 Å². The van der Waals surface area contributed by atoms with E-state index in [1.807, 2.05) is 37.3 Å². The average Bonchev–Trinajstić information content (AvgIpc) is 2.87. The van der Waals surface area contributed by atoms with Crippen LogP contribution in [0.4, 0.5) is 10.2 Å². The van der Waals surface area contributed by atoms with Crippen molar-refractivity contribution in [1.29, 1.82) is 0 Å². The number of anilines is 1. The van der Waals surface area contributed by atoms with Crippen LogP contribution in [-0.2, 0) is 6.54 Å². The number of aromatic nitrogens is 2. The lowest BCUT2D eigenvalue weighted by molar-refractivity contribution is 0.102. The van der Waals surface area contributed by atoms with Crippen molar-refractivity contribution >= 4 is 23.3 Å². The van der Waals surface area contributed by atoms with Gasteiger partial charge < -0.3 is 5.32 Å². The summed E-state index contributed by atoms with van der Waals surface area (Å²) in [6, 6.07) is 15.3. The molecule has 0 saturated heterocycles. The summed E-state index contributed by atoms with van der Waals surface area (Å²) in [6.45, 7) is 2.38. The molecule has 24 heavy (non-hydrogen) atoms. The van der Waals surface area contributed by atoms with E-state index in [2.05, 4.69) is 10.4 Å². The van der Waals surface area contributed by atoms with Crippen LogP contribution in [0.15, 0.2) is 54.6 Å². The van der Waals surface area contributed by atoms with Gasteiger partial charge >= 0.3 is 0 Å². The van der Waals surface area contributed by atoms with E-state index in [-0.39, 0.29) is 10.6 Å². The number of aryl methyl sites for hydroxylation is 1. The molecule has 0 radical (unpaired) electrons. The summed E-state index contributed by atoms with van der Waals surface area (Å²) in [5.74, 6) is -0.336. The fourth-order valence-corrected chi connectivity index (χ4v) is 2.63. The number of benzene rings is 2. The zero-order valence-electron chi connectivity index (χ0n) is 13.0. The second kappa shape index (κ2) is 6.84. The van der Waals surface area contributed by atoms with Crippen LogP contribution >= 0.6 is 11.6 Å². The summed E-state index contributed by atoms with van der Waals surface area (Å²) >= 11 is 5.94. The number of carbonyl (C=O) groups is 1. The average molecular weight is 344 g/mol. The van der Waals surface area contributed by atoms with Crippen LogP contribution in [0.3, 0.4) is 0 Å². The Morgan fingerprint density at radius 2 is 1.96 bits per heavy atom. The predicted molar refractivity (Wildman–Crippen MR) is 91.9 cm³/mol. The maximum absolute atomic E-state index is 13.1.